The number of carbonyl (C=O) groups is 1. The van der Waals surface area contributed by atoms with Crippen molar-refractivity contribution < 1.29 is 14.5 Å². The minimum Gasteiger partial charge on any atom is -0.481 e. The number of pyridine rings is 1. The number of non-ortho nitro benzene ring substituents is 1. The Hall–Kier alpha value is -3.68. The molecule has 1 aliphatic rings. The second kappa shape index (κ2) is 8.99. The third-order valence-electron chi connectivity index (χ3n) is 5.50. The largest absolute Gasteiger partial charge is 0.481 e. The molecule has 1 saturated heterocycles. The van der Waals surface area contributed by atoms with Gasteiger partial charge in [0.1, 0.15) is 17.1 Å². The third kappa shape index (κ3) is 4.91. The topological polar surface area (TPSA) is 97.6 Å². The fourth-order valence-corrected chi connectivity index (χ4v) is 3.65. The van der Waals surface area contributed by atoms with Crippen LogP contribution in [0.4, 0.5) is 17.2 Å². The number of piperidine rings is 1. The van der Waals surface area contributed by atoms with Gasteiger partial charge in [0, 0.05) is 36.3 Å². The average Bonchev–Trinajstić information content (AvgIpc) is 2.78. The molecule has 0 saturated carbocycles. The van der Waals surface area contributed by atoms with Gasteiger partial charge in [-0.15, -0.1) is 0 Å². The number of nitro benzene ring substituents is 1. The maximum absolute atomic E-state index is 12.3. The van der Waals surface area contributed by atoms with Crippen LogP contribution in [0.3, 0.4) is 0 Å². The molecule has 1 amide bonds. The molecule has 0 unspecified atom stereocenters. The highest BCUT2D eigenvalue weighted by Gasteiger charge is 2.18. The Bertz CT molecular complexity index is 1090. The van der Waals surface area contributed by atoms with Crippen molar-refractivity contribution in [2.24, 2.45) is 5.92 Å². The molecule has 2 heterocycles. The highest BCUT2D eigenvalue weighted by molar-refractivity contribution is 5.92. The van der Waals surface area contributed by atoms with E-state index in [1.165, 1.54) is 24.3 Å². The van der Waals surface area contributed by atoms with Crippen LogP contribution >= 0.6 is 0 Å². The predicted molar refractivity (Wildman–Crippen MR) is 120 cm³/mol. The third-order valence-corrected chi connectivity index (χ3v) is 5.50. The first-order valence-electron chi connectivity index (χ1n) is 10.3. The molecule has 0 atom stereocenters. The van der Waals surface area contributed by atoms with Gasteiger partial charge >= 0.3 is 0 Å². The molecule has 1 N–H and O–H groups in total. The molecule has 0 bridgehead atoms. The maximum Gasteiger partial charge on any atom is 0.269 e. The molecule has 0 radical (unpaired) electrons. The van der Waals surface area contributed by atoms with Crippen LogP contribution in [-0.4, -0.2) is 35.5 Å². The van der Waals surface area contributed by atoms with Crippen LogP contribution in [0.5, 0.6) is 5.75 Å². The normalized spacial score (nSPS) is 14.4. The zero-order valence-corrected chi connectivity index (χ0v) is 17.3. The van der Waals surface area contributed by atoms with Gasteiger partial charge in [0.25, 0.3) is 11.6 Å². The van der Waals surface area contributed by atoms with Gasteiger partial charge in [-0.05, 0) is 49.1 Å². The molecule has 8 nitrogen and oxygen atoms in total. The SMILES string of the molecule is CC1CCN(c2ccc3cccc(OCC(=O)Nc4ccc([N+](=O)[O-])cc4)c3n2)CC1. The molecule has 4 rings (SSSR count). The Morgan fingerprint density at radius 3 is 2.61 bits per heavy atom. The lowest BCUT2D eigenvalue weighted by atomic mass is 9.99. The van der Waals surface area contributed by atoms with E-state index < -0.39 is 4.92 Å². The molecule has 2 aromatic carbocycles. The van der Waals surface area contributed by atoms with Crippen molar-refractivity contribution in [3.63, 3.8) is 0 Å². The smallest absolute Gasteiger partial charge is 0.269 e. The lowest BCUT2D eigenvalue weighted by Gasteiger charge is -2.31. The number of ether oxygens (including phenoxy) is 1. The predicted octanol–water partition coefficient (Wildman–Crippen LogP) is 4.40. The van der Waals surface area contributed by atoms with Crippen molar-refractivity contribution in [1.29, 1.82) is 0 Å². The summed E-state index contributed by atoms with van der Waals surface area (Å²) in [6.07, 6.45) is 2.31. The Morgan fingerprint density at radius 2 is 1.90 bits per heavy atom. The summed E-state index contributed by atoms with van der Waals surface area (Å²) in [6.45, 7) is 4.06. The van der Waals surface area contributed by atoms with Gasteiger partial charge in [-0.2, -0.15) is 0 Å². The van der Waals surface area contributed by atoms with E-state index >= 15 is 0 Å². The number of nitro groups is 1. The van der Waals surface area contributed by atoms with Crippen LogP contribution in [0.15, 0.2) is 54.6 Å². The van der Waals surface area contributed by atoms with E-state index in [0.717, 1.165) is 48.6 Å². The number of hydrogen-bond donors (Lipinski definition) is 1. The first kappa shape index (κ1) is 20.6. The number of aromatic nitrogens is 1. The number of nitrogens with one attached hydrogen (secondary N) is 1. The van der Waals surface area contributed by atoms with Gasteiger partial charge in [-0.1, -0.05) is 19.1 Å². The fraction of sp³-hybridized carbons (Fsp3) is 0.304. The summed E-state index contributed by atoms with van der Waals surface area (Å²) in [5.41, 5.74) is 1.16. The second-order valence-corrected chi connectivity index (χ2v) is 7.81. The molecule has 0 spiro atoms. The van der Waals surface area contributed by atoms with Crippen molar-refractivity contribution in [2.45, 2.75) is 19.8 Å². The molecule has 160 valence electrons. The van der Waals surface area contributed by atoms with E-state index in [1.54, 1.807) is 6.07 Å². The van der Waals surface area contributed by atoms with Crippen LogP contribution in [0.2, 0.25) is 0 Å². The van der Waals surface area contributed by atoms with Crippen molar-refractivity contribution in [3.05, 3.63) is 64.7 Å². The lowest BCUT2D eigenvalue weighted by Crippen LogP contribution is -2.33. The maximum atomic E-state index is 12.3. The minimum atomic E-state index is -0.485. The molecule has 1 fully saturated rings. The van der Waals surface area contributed by atoms with E-state index in [-0.39, 0.29) is 18.2 Å². The van der Waals surface area contributed by atoms with E-state index in [1.807, 2.05) is 24.3 Å². The number of para-hydroxylation sites is 1. The van der Waals surface area contributed by atoms with Crippen molar-refractivity contribution in [2.75, 3.05) is 29.9 Å². The standard InChI is InChI=1S/C23H24N4O4/c1-16-11-13-26(14-12-16)21-10-5-17-3-2-4-20(23(17)25-21)31-15-22(28)24-18-6-8-19(9-7-18)27(29)30/h2-10,16H,11-15H2,1H3,(H,24,28). The van der Waals surface area contributed by atoms with Gasteiger partial charge < -0.3 is 15.0 Å². The molecule has 31 heavy (non-hydrogen) atoms. The quantitative estimate of drug-likeness (QED) is 0.469. The van der Waals surface area contributed by atoms with Gasteiger partial charge in [0.05, 0.1) is 4.92 Å². The number of nitrogens with zero attached hydrogens (tertiary/aromatic N) is 3. The van der Waals surface area contributed by atoms with Crippen LogP contribution in [0.25, 0.3) is 10.9 Å². The summed E-state index contributed by atoms with van der Waals surface area (Å²) >= 11 is 0. The average molecular weight is 420 g/mol. The van der Waals surface area contributed by atoms with Crippen molar-refractivity contribution in [3.8, 4) is 5.75 Å². The van der Waals surface area contributed by atoms with Gasteiger partial charge in [0.2, 0.25) is 0 Å². The Balaban J connectivity index is 1.44. The van der Waals surface area contributed by atoms with E-state index in [2.05, 4.69) is 17.1 Å². The van der Waals surface area contributed by atoms with Crippen molar-refractivity contribution in [1.82, 2.24) is 4.98 Å². The highest BCUT2D eigenvalue weighted by atomic mass is 16.6. The van der Waals surface area contributed by atoms with Crippen LogP contribution in [0, 0.1) is 16.0 Å². The molecule has 8 heteroatoms. The number of amides is 1. The molecule has 3 aromatic rings. The lowest BCUT2D eigenvalue weighted by molar-refractivity contribution is -0.384. The monoisotopic (exact) mass is 420 g/mol. The number of carbonyl (C=O) groups excluding carboxylic acids is 1. The molecule has 1 aliphatic heterocycles. The summed E-state index contributed by atoms with van der Waals surface area (Å²) in [5, 5.41) is 14.4. The molecule has 1 aromatic heterocycles. The summed E-state index contributed by atoms with van der Waals surface area (Å²) < 4.78 is 5.77. The first-order valence-corrected chi connectivity index (χ1v) is 10.3. The van der Waals surface area contributed by atoms with Gasteiger partial charge in [0.15, 0.2) is 6.61 Å². The Labute approximate surface area is 180 Å². The number of rotatable bonds is 6. The number of fused-ring (bicyclic) bond motifs is 1. The zero-order valence-electron chi connectivity index (χ0n) is 17.3. The van der Waals surface area contributed by atoms with Gasteiger partial charge in [-0.3, -0.25) is 14.9 Å². The summed E-state index contributed by atoms with van der Waals surface area (Å²) in [6, 6.07) is 15.4. The zero-order chi connectivity index (χ0) is 21.8. The Morgan fingerprint density at radius 1 is 1.16 bits per heavy atom. The van der Waals surface area contributed by atoms with Crippen molar-refractivity contribution >= 4 is 34.0 Å². The highest BCUT2D eigenvalue weighted by Crippen LogP contribution is 2.28. The summed E-state index contributed by atoms with van der Waals surface area (Å²) in [7, 11) is 0. The van der Waals surface area contributed by atoms with E-state index in [9.17, 15) is 14.9 Å². The number of benzene rings is 2. The van der Waals surface area contributed by atoms with Crippen LogP contribution < -0.4 is 15.0 Å². The van der Waals surface area contributed by atoms with E-state index in [4.69, 9.17) is 9.72 Å². The molecule has 0 aliphatic carbocycles. The fourth-order valence-electron chi connectivity index (χ4n) is 3.65. The Kier molecular flexibility index (Phi) is 5.97. The van der Waals surface area contributed by atoms with E-state index in [0.29, 0.717) is 11.4 Å². The molecular weight excluding hydrogens is 396 g/mol. The van der Waals surface area contributed by atoms with Crippen LogP contribution in [-0.2, 0) is 4.79 Å². The van der Waals surface area contributed by atoms with Gasteiger partial charge in [-0.25, -0.2) is 4.98 Å². The second-order valence-electron chi connectivity index (χ2n) is 7.81. The molecular formula is C23H24N4O4. The first-order chi connectivity index (χ1) is 15.0. The summed E-state index contributed by atoms with van der Waals surface area (Å²) in [4.78, 5) is 29.6. The van der Waals surface area contributed by atoms with Crippen LogP contribution in [0.1, 0.15) is 19.8 Å². The number of anilines is 2. The summed E-state index contributed by atoms with van der Waals surface area (Å²) in [5.74, 6) is 1.85. The number of hydrogen-bond acceptors (Lipinski definition) is 6. The minimum absolute atomic E-state index is 0.0324.